The van der Waals surface area contributed by atoms with Gasteiger partial charge in [-0.3, -0.25) is 4.79 Å². The largest absolute Gasteiger partial charge is 0.322 e. The van der Waals surface area contributed by atoms with Gasteiger partial charge in [0.2, 0.25) is 0 Å². The Balaban J connectivity index is 1.82. The van der Waals surface area contributed by atoms with Crippen LogP contribution in [-0.2, 0) is 0 Å². The Kier molecular flexibility index (Phi) is 4.66. The van der Waals surface area contributed by atoms with Crippen LogP contribution in [0.25, 0.3) is 22.2 Å². The molecule has 0 unspecified atom stereocenters. The van der Waals surface area contributed by atoms with E-state index in [1.807, 2.05) is 73.7 Å². The molecule has 1 amide bonds. The molecule has 3 heteroatoms. The Hall–Kier alpha value is -3.46. The van der Waals surface area contributed by atoms with Crippen molar-refractivity contribution in [3.63, 3.8) is 0 Å². The van der Waals surface area contributed by atoms with Crippen molar-refractivity contribution in [3.8, 4) is 11.3 Å². The van der Waals surface area contributed by atoms with Crippen LogP contribution < -0.4 is 5.32 Å². The Morgan fingerprint density at radius 3 is 2.32 bits per heavy atom. The molecule has 1 aromatic heterocycles. The molecule has 4 aromatic rings. The molecule has 3 aromatic carbocycles. The molecule has 0 aliphatic heterocycles. The van der Waals surface area contributed by atoms with Gasteiger partial charge in [0.15, 0.2) is 0 Å². The lowest BCUT2D eigenvalue weighted by Crippen LogP contribution is -2.13. The number of rotatable bonds is 3. The lowest BCUT2D eigenvalue weighted by Gasteiger charge is -2.12. The predicted molar refractivity (Wildman–Crippen MR) is 116 cm³/mol. The number of hydrogen-bond donors (Lipinski definition) is 1. The van der Waals surface area contributed by atoms with E-state index < -0.39 is 0 Å². The van der Waals surface area contributed by atoms with E-state index in [4.69, 9.17) is 4.98 Å². The molecule has 0 spiro atoms. The Morgan fingerprint density at radius 1 is 0.786 bits per heavy atom. The maximum Gasteiger partial charge on any atom is 0.256 e. The zero-order valence-electron chi connectivity index (χ0n) is 16.3. The van der Waals surface area contributed by atoms with Gasteiger partial charge in [0.1, 0.15) is 0 Å². The van der Waals surface area contributed by atoms with Crippen LogP contribution in [0.3, 0.4) is 0 Å². The summed E-state index contributed by atoms with van der Waals surface area (Å²) in [7, 11) is 0. The first kappa shape index (κ1) is 17.9. The fourth-order valence-corrected chi connectivity index (χ4v) is 3.38. The highest BCUT2D eigenvalue weighted by molar-refractivity contribution is 6.13. The van der Waals surface area contributed by atoms with E-state index in [-0.39, 0.29) is 5.91 Å². The number of carbonyl (C=O) groups is 1. The molecule has 28 heavy (non-hydrogen) atoms. The van der Waals surface area contributed by atoms with Gasteiger partial charge in [0.05, 0.1) is 16.8 Å². The van der Waals surface area contributed by atoms with Crippen molar-refractivity contribution >= 4 is 22.5 Å². The molecule has 1 heterocycles. The SMILES string of the molecule is Cc1ccc(NC(=O)c2cc(-c3ccccc3C)nc3ccccc23)cc1C. The molecule has 0 bridgehead atoms. The molecule has 0 atom stereocenters. The van der Waals surface area contributed by atoms with E-state index in [1.165, 1.54) is 5.56 Å². The van der Waals surface area contributed by atoms with Gasteiger partial charge in [-0.15, -0.1) is 0 Å². The van der Waals surface area contributed by atoms with Crippen LogP contribution in [0.1, 0.15) is 27.0 Å². The number of nitrogens with one attached hydrogen (secondary N) is 1. The van der Waals surface area contributed by atoms with Crippen molar-refractivity contribution in [1.29, 1.82) is 0 Å². The molecule has 4 rings (SSSR count). The van der Waals surface area contributed by atoms with Gasteiger partial charge < -0.3 is 5.32 Å². The van der Waals surface area contributed by atoms with E-state index in [0.717, 1.165) is 39.0 Å². The Bertz CT molecular complexity index is 1190. The maximum atomic E-state index is 13.2. The van der Waals surface area contributed by atoms with Crippen LogP contribution in [-0.4, -0.2) is 10.9 Å². The van der Waals surface area contributed by atoms with Crippen LogP contribution in [0.2, 0.25) is 0 Å². The Labute approximate surface area is 165 Å². The zero-order valence-corrected chi connectivity index (χ0v) is 16.3. The number of amides is 1. The number of benzene rings is 3. The number of hydrogen-bond acceptors (Lipinski definition) is 2. The van der Waals surface area contributed by atoms with Gasteiger partial charge in [-0.05, 0) is 61.7 Å². The first-order valence-electron chi connectivity index (χ1n) is 9.37. The zero-order chi connectivity index (χ0) is 19.7. The number of pyridine rings is 1. The van der Waals surface area contributed by atoms with Crippen LogP contribution in [0.15, 0.2) is 72.8 Å². The highest BCUT2D eigenvalue weighted by Gasteiger charge is 2.15. The van der Waals surface area contributed by atoms with Crippen LogP contribution in [0.5, 0.6) is 0 Å². The number of nitrogens with zero attached hydrogens (tertiary/aromatic N) is 1. The summed E-state index contributed by atoms with van der Waals surface area (Å²) in [5, 5.41) is 3.89. The van der Waals surface area contributed by atoms with Gasteiger partial charge in [-0.1, -0.05) is 48.5 Å². The van der Waals surface area contributed by atoms with Crippen molar-refractivity contribution in [2.75, 3.05) is 5.32 Å². The number of carbonyl (C=O) groups excluding carboxylic acids is 1. The maximum absolute atomic E-state index is 13.2. The molecular weight excluding hydrogens is 344 g/mol. The van der Waals surface area contributed by atoms with Gasteiger partial charge in [0.25, 0.3) is 5.91 Å². The van der Waals surface area contributed by atoms with Crippen LogP contribution in [0.4, 0.5) is 5.69 Å². The Morgan fingerprint density at radius 2 is 1.54 bits per heavy atom. The van der Waals surface area contributed by atoms with Crippen molar-refractivity contribution in [3.05, 3.63) is 95.1 Å². The second-order valence-electron chi connectivity index (χ2n) is 7.14. The predicted octanol–water partition coefficient (Wildman–Crippen LogP) is 6.08. The topological polar surface area (TPSA) is 42.0 Å². The summed E-state index contributed by atoms with van der Waals surface area (Å²) in [6, 6.07) is 23.7. The summed E-state index contributed by atoms with van der Waals surface area (Å²) >= 11 is 0. The molecule has 3 nitrogen and oxygen atoms in total. The fourth-order valence-electron chi connectivity index (χ4n) is 3.38. The lowest BCUT2D eigenvalue weighted by molar-refractivity contribution is 0.102. The number of fused-ring (bicyclic) bond motifs is 1. The average molecular weight is 366 g/mol. The summed E-state index contributed by atoms with van der Waals surface area (Å²) in [5.41, 5.74) is 7.57. The summed E-state index contributed by atoms with van der Waals surface area (Å²) in [6.07, 6.45) is 0. The van der Waals surface area contributed by atoms with E-state index in [2.05, 4.69) is 25.2 Å². The molecule has 0 saturated carbocycles. The third-order valence-electron chi connectivity index (χ3n) is 5.15. The van der Waals surface area contributed by atoms with Gasteiger partial charge in [0, 0.05) is 16.6 Å². The van der Waals surface area contributed by atoms with E-state index in [0.29, 0.717) is 5.56 Å². The summed E-state index contributed by atoms with van der Waals surface area (Å²) in [5.74, 6) is -0.128. The van der Waals surface area contributed by atoms with Crippen molar-refractivity contribution in [2.24, 2.45) is 0 Å². The van der Waals surface area contributed by atoms with Crippen molar-refractivity contribution in [2.45, 2.75) is 20.8 Å². The molecule has 0 saturated heterocycles. The van der Waals surface area contributed by atoms with Gasteiger partial charge >= 0.3 is 0 Å². The van der Waals surface area contributed by atoms with Crippen molar-refractivity contribution < 1.29 is 4.79 Å². The minimum absolute atomic E-state index is 0.128. The molecule has 138 valence electrons. The summed E-state index contributed by atoms with van der Waals surface area (Å²) in [6.45, 7) is 6.16. The highest BCUT2D eigenvalue weighted by atomic mass is 16.1. The molecular formula is C25H22N2O. The van der Waals surface area contributed by atoms with Crippen molar-refractivity contribution in [1.82, 2.24) is 4.98 Å². The van der Waals surface area contributed by atoms with Crippen LogP contribution in [0, 0.1) is 20.8 Å². The average Bonchev–Trinajstić information content (AvgIpc) is 2.70. The summed E-state index contributed by atoms with van der Waals surface area (Å²) < 4.78 is 0. The molecule has 1 N–H and O–H groups in total. The second-order valence-corrected chi connectivity index (χ2v) is 7.14. The molecule has 0 aliphatic rings. The monoisotopic (exact) mass is 366 g/mol. The third-order valence-corrected chi connectivity index (χ3v) is 5.15. The molecule has 0 radical (unpaired) electrons. The number of para-hydroxylation sites is 1. The normalized spacial score (nSPS) is 10.8. The molecule has 0 fully saturated rings. The summed E-state index contributed by atoms with van der Waals surface area (Å²) in [4.78, 5) is 18.0. The van der Waals surface area contributed by atoms with E-state index in [1.54, 1.807) is 0 Å². The number of aryl methyl sites for hydroxylation is 3. The van der Waals surface area contributed by atoms with Gasteiger partial charge in [-0.2, -0.15) is 0 Å². The number of anilines is 1. The quantitative estimate of drug-likeness (QED) is 0.477. The first-order valence-corrected chi connectivity index (χ1v) is 9.37. The second kappa shape index (κ2) is 7.28. The number of aromatic nitrogens is 1. The smallest absolute Gasteiger partial charge is 0.256 e. The lowest BCUT2D eigenvalue weighted by atomic mass is 10.0. The van der Waals surface area contributed by atoms with E-state index in [9.17, 15) is 4.79 Å². The minimum Gasteiger partial charge on any atom is -0.322 e. The van der Waals surface area contributed by atoms with E-state index >= 15 is 0 Å². The fraction of sp³-hybridized carbons (Fsp3) is 0.120. The standard InChI is InChI=1S/C25H22N2O/c1-16-12-13-19(14-18(16)3)26-25(28)22-15-24(20-9-5-4-8-17(20)2)27-23-11-7-6-10-21(22)23/h4-15H,1-3H3,(H,26,28). The minimum atomic E-state index is -0.128. The molecule has 0 aliphatic carbocycles. The third kappa shape index (κ3) is 3.39. The first-order chi connectivity index (χ1) is 13.5. The van der Waals surface area contributed by atoms with Crippen LogP contribution >= 0.6 is 0 Å². The van der Waals surface area contributed by atoms with Gasteiger partial charge in [-0.25, -0.2) is 4.98 Å². The highest BCUT2D eigenvalue weighted by Crippen LogP contribution is 2.27.